The first-order valence-corrected chi connectivity index (χ1v) is 10.9. The highest BCUT2D eigenvalue weighted by Gasteiger charge is 2.25. The van der Waals surface area contributed by atoms with Crippen LogP contribution in [0.4, 0.5) is 5.69 Å². The van der Waals surface area contributed by atoms with Gasteiger partial charge in [-0.15, -0.1) is 0 Å². The normalized spacial score (nSPS) is 16.4. The Balaban J connectivity index is 1.61. The smallest absolute Gasteiger partial charge is 0.265 e. The summed E-state index contributed by atoms with van der Waals surface area (Å²) in [7, 11) is -3.47. The van der Waals surface area contributed by atoms with E-state index in [9.17, 15) is 13.2 Å². The van der Waals surface area contributed by atoms with Gasteiger partial charge in [-0.3, -0.25) is 4.79 Å². The van der Waals surface area contributed by atoms with Gasteiger partial charge in [-0.2, -0.15) is 4.31 Å². The third-order valence-electron chi connectivity index (χ3n) is 4.78. The van der Waals surface area contributed by atoms with Gasteiger partial charge in [0.15, 0.2) is 6.10 Å². The minimum absolute atomic E-state index is 0.247. The number of nitrogens with zero attached hydrogens (tertiary/aromatic N) is 1. The molecule has 2 aromatic carbocycles. The molecule has 0 spiro atoms. The molecule has 0 aliphatic carbocycles. The molecule has 0 saturated carbocycles. The minimum Gasteiger partial charge on any atom is -0.481 e. The third kappa shape index (κ3) is 4.91. The van der Waals surface area contributed by atoms with E-state index in [1.54, 1.807) is 19.1 Å². The SMILES string of the molecule is Cc1ccc(O[C@@H](C)C(=O)Nc2ccc(S(=O)(=O)N3CCCCC3)cc2)cc1. The van der Waals surface area contributed by atoms with E-state index in [2.05, 4.69) is 5.32 Å². The summed E-state index contributed by atoms with van der Waals surface area (Å²) in [4.78, 5) is 12.6. The van der Waals surface area contributed by atoms with Crippen molar-refractivity contribution in [1.82, 2.24) is 4.31 Å². The first-order chi connectivity index (χ1) is 13.4. The summed E-state index contributed by atoms with van der Waals surface area (Å²) in [6.45, 7) is 4.78. The Morgan fingerprint density at radius 1 is 1.00 bits per heavy atom. The molecule has 0 bridgehead atoms. The highest BCUT2D eigenvalue weighted by Crippen LogP contribution is 2.22. The molecule has 2 aromatic rings. The lowest BCUT2D eigenvalue weighted by Gasteiger charge is -2.25. The molecule has 1 atom stereocenters. The number of nitrogens with one attached hydrogen (secondary N) is 1. The minimum atomic E-state index is -3.47. The highest BCUT2D eigenvalue weighted by atomic mass is 32.2. The van der Waals surface area contributed by atoms with Gasteiger partial charge in [0.1, 0.15) is 5.75 Å². The van der Waals surface area contributed by atoms with Gasteiger partial charge in [0.25, 0.3) is 5.91 Å². The summed E-state index contributed by atoms with van der Waals surface area (Å²) in [5.41, 5.74) is 1.64. The Morgan fingerprint density at radius 3 is 2.21 bits per heavy atom. The van der Waals surface area contributed by atoms with E-state index < -0.39 is 16.1 Å². The van der Waals surface area contributed by atoms with Gasteiger partial charge < -0.3 is 10.1 Å². The molecule has 1 aliphatic heterocycles. The van der Waals surface area contributed by atoms with Crippen LogP contribution < -0.4 is 10.1 Å². The summed E-state index contributed by atoms with van der Waals surface area (Å²) in [6, 6.07) is 13.7. The molecule has 1 N–H and O–H groups in total. The van der Waals surface area contributed by atoms with Crippen molar-refractivity contribution in [3.8, 4) is 5.75 Å². The number of carbonyl (C=O) groups is 1. The quantitative estimate of drug-likeness (QED) is 0.801. The molecule has 1 heterocycles. The molecule has 0 unspecified atom stereocenters. The van der Waals surface area contributed by atoms with Crippen LogP contribution in [0.5, 0.6) is 5.75 Å². The van der Waals surface area contributed by atoms with Gasteiger partial charge in [0, 0.05) is 18.8 Å². The average Bonchev–Trinajstić information content (AvgIpc) is 2.70. The third-order valence-corrected chi connectivity index (χ3v) is 6.69. The van der Waals surface area contributed by atoms with Crippen LogP contribution in [0.2, 0.25) is 0 Å². The molecule has 1 amide bonds. The van der Waals surface area contributed by atoms with Crippen molar-refractivity contribution in [2.24, 2.45) is 0 Å². The summed E-state index contributed by atoms with van der Waals surface area (Å²) >= 11 is 0. The Hall–Kier alpha value is -2.38. The number of piperidine rings is 1. The van der Waals surface area contributed by atoms with Crippen LogP contribution in [0.15, 0.2) is 53.4 Å². The number of amides is 1. The lowest BCUT2D eigenvalue weighted by Crippen LogP contribution is -2.35. The van der Waals surface area contributed by atoms with Crippen LogP contribution in [0.25, 0.3) is 0 Å². The second kappa shape index (κ2) is 8.75. The number of anilines is 1. The van der Waals surface area contributed by atoms with Crippen LogP contribution >= 0.6 is 0 Å². The Bertz CT molecular complexity index is 902. The highest BCUT2D eigenvalue weighted by molar-refractivity contribution is 7.89. The van der Waals surface area contributed by atoms with Crippen LogP contribution in [0.1, 0.15) is 31.7 Å². The Morgan fingerprint density at radius 2 is 1.61 bits per heavy atom. The maximum absolute atomic E-state index is 12.7. The molecule has 7 heteroatoms. The molecule has 1 fully saturated rings. The van der Waals surface area contributed by atoms with Gasteiger partial charge in [-0.25, -0.2) is 8.42 Å². The maximum atomic E-state index is 12.7. The number of benzene rings is 2. The van der Waals surface area contributed by atoms with Crippen molar-refractivity contribution in [3.05, 3.63) is 54.1 Å². The number of sulfonamides is 1. The second-order valence-electron chi connectivity index (χ2n) is 7.05. The molecule has 6 nitrogen and oxygen atoms in total. The van der Waals surface area contributed by atoms with Crippen LogP contribution in [-0.4, -0.2) is 37.8 Å². The zero-order valence-corrected chi connectivity index (χ0v) is 17.0. The molecule has 1 aliphatic rings. The monoisotopic (exact) mass is 402 g/mol. The fourth-order valence-electron chi connectivity index (χ4n) is 3.08. The molecule has 150 valence electrons. The first-order valence-electron chi connectivity index (χ1n) is 9.51. The number of rotatable bonds is 6. The van der Waals surface area contributed by atoms with Gasteiger partial charge in [0.05, 0.1) is 4.90 Å². The fourth-order valence-corrected chi connectivity index (χ4v) is 4.60. The summed E-state index contributed by atoms with van der Waals surface area (Å²) in [6.07, 6.45) is 2.18. The zero-order valence-electron chi connectivity index (χ0n) is 16.2. The molecule has 3 rings (SSSR count). The van der Waals surface area contributed by atoms with Crippen molar-refractivity contribution < 1.29 is 17.9 Å². The van der Waals surface area contributed by atoms with E-state index in [1.807, 2.05) is 31.2 Å². The van der Waals surface area contributed by atoms with Crippen molar-refractivity contribution >= 4 is 21.6 Å². The Kier molecular flexibility index (Phi) is 6.36. The first kappa shape index (κ1) is 20.4. The predicted octanol–water partition coefficient (Wildman–Crippen LogP) is 3.58. The lowest BCUT2D eigenvalue weighted by atomic mass is 10.2. The zero-order chi connectivity index (χ0) is 20.1. The van der Waals surface area contributed by atoms with Crippen molar-refractivity contribution in [2.75, 3.05) is 18.4 Å². The number of aryl methyl sites for hydroxylation is 1. The van der Waals surface area contributed by atoms with Gasteiger partial charge in [-0.05, 0) is 63.1 Å². The molecular weight excluding hydrogens is 376 g/mol. The standard InChI is InChI=1S/C21H26N2O4S/c1-16-6-10-19(11-7-16)27-17(2)21(24)22-18-8-12-20(13-9-18)28(25,26)23-14-4-3-5-15-23/h6-13,17H,3-5,14-15H2,1-2H3,(H,22,24)/t17-/m0/s1. The van der Waals surface area contributed by atoms with E-state index in [4.69, 9.17) is 4.74 Å². The van der Waals surface area contributed by atoms with E-state index in [0.29, 0.717) is 24.5 Å². The van der Waals surface area contributed by atoms with Crippen molar-refractivity contribution in [2.45, 2.75) is 44.1 Å². The van der Waals surface area contributed by atoms with Crippen LogP contribution in [0, 0.1) is 6.92 Å². The van der Waals surface area contributed by atoms with Gasteiger partial charge in [0.2, 0.25) is 10.0 Å². The van der Waals surface area contributed by atoms with Gasteiger partial charge in [-0.1, -0.05) is 24.1 Å². The van der Waals surface area contributed by atoms with E-state index in [1.165, 1.54) is 16.4 Å². The lowest BCUT2D eigenvalue weighted by molar-refractivity contribution is -0.122. The number of ether oxygens (including phenoxy) is 1. The topological polar surface area (TPSA) is 75.7 Å². The second-order valence-corrected chi connectivity index (χ2v) is 8.99. The molecule has 28 heavy (non-hydrogen) atoms. The predicted molar refractivity (Wildman–Crippen MR) is 109 cm³/mol. The maximum Gasteiger partial charge on any atom is 0.265 e. The summed E-state index contributed by atoms with van der Waals surface area (Å²) in [5, 5.41) is 2.76. The summed E-state index contributed by atoms with van der Waals surface area (Å²) < 4.78 is 32.5. The van der Waals surface area contributed by atoms with Crippen LogP contribution in [0.3, 0.4) is 0 Å². The largest absolute Gasteiger partial charge is 0.481 e. The number of hydrogen-bond donors (Lipinski definition) is 1. The van der Waals surface area contributed by atoms with E-state index in [-0.39, 0.29) is 10.8 Å². The van der Waals surface area contributed by atoms with Crippen molar-refractivity contribution in [1.29, 1.82) is 0 Å². The fraction of sp³-hybridized carbons (Fsp3) is 0.381. The van der Waals surface area contributed by atoms with E-state index in [0.717, 1.165) is 24.8 Å². The van der Waals surface area contributed by atoms with Crippen LogP contribution in [-0.2, 0) is 14.8 Å². The Labute approximate surface area is 166 Å². The number of hydrogen-bond acceptors (Lipinski definition) is 4. The molecular formula is C21H26N2O4S. The molecule has 1 saturated heterocycles. The number of carbonyl (C=O) groups excluding carboxylic acids is 1. The summed E-state index contributed by atoms with van der Waals surface area (Å²) in [5.74, 6) is 0.323. The average molecular weight is 403 g/mol. The van der Waals surface area contributed by atoms with Crippen molar-refractivity contribution in [3.63, 3.8) is 0 Å². The van der Waals surface area contributed by atoms with E-state index >= 15 is 0 Å². The molecule has 0 aromatic heterocycles. The molecule has 0 radical (unpaired) electrons. The van der Waals surface area contributed by atoms with Gasteiger partial charge >= 0.3 is 0 Å².